The number of nitrogens with one attached hydrogen (secondary N) is 1. The number of nitrogens with zero attached hydrogens (tertiary/aromatic N) is 1. The van der Waals surface area contributed by atoms with E-state index in [9.17, 15) is 4.79 Å². The molecule has 0 spiro atoms. The zero-order valence-corrected chi connectivity index (χ0v) is 15.1. The van der Waals surface area contributed by atoms with Gasteiger partial charge >= 0.3 is 0 Å². The lowest BCUT2D eigenvalue weighted by Crippen LogP contribution is -2.14. The van der Waals surface area contributed by atoms with Crippen LogP contribution in [0.4, 0.5) is 5.69 Å². The SMILES string of the molecule is Cc1cccc(NC(=O)Cc2csc(COc3cccc(C)c3)n2)c1. The van der Waals surface area contributed by atoms with Crippen LogP contribution in [0, 0.1) is 13.8 Å². The molecular weight excluding hydrogens is 332 g/mol. The minimum Gasteiger partial charge on any atom is -0.486 e. The molecule has 5 heteroatoms. The third kappa shape index (κ3) is 5.16. The van der Waals surface area contributed by atoms with E-state index in [-0.39, 0.29) is 12.3 Å². The smallest absolute Gasteiger partial charge is 0.230 e. The summed E-state index contributed by atoms with van der Waals surface area (Å²) in [5, 5.41) is 5.67. The van der Waals surface area contributed by atoms with Gasteiger partial charge < -0.3 is 10.1 Å². The van der Waals surface area contributed by atoms with E-state index in [1.54, 1.807) is 0 Å². The molecule has 128 valence electrons. The molecule has 1 amide bonds. The van der Waals surface area contributed by atoms with Gasteiger partial charge in [-0.3, -0.25) is 4.79 Å². The summed E-state index contributed by atoms with van der Waals surface area (Å²) in [6.45, 7) is 4.44. The fourth-order valence-electron chi connectivity index (χ4n) is 2.44. The maximum absolute atomic E-state index is 12.1. The molecule has 0 radical (unpaired) electrons. The molecule has 0 saturated carbocycles. The second-order valence-electron chi connectivity index (χ2n) is 5.93. The topological polar surface area (TPSA) is 51.2 Å². The molecule has 4 nitrogen and oxygen atoms in total. The fourth-order valence-corrected chi connectivity index (χ4v) is 3.14. The number of hydrogen-bond acceptors (Lipinski definition) is 4. The molecule has 25 heavy (non-hydrogen) atoms. The van der Waals surface area contributed by atoms with Crippen molar-refractivity contribution in [3.63, 3.8) is 0 Å². The van der Waals surface area contributed by atoms with Crippen LogP contribution in [0.15, 0.2) is 53.9 Å². The van der Waals surface area contributed by atoms with Gasteiger partial charge in [-0.25, -0.2) is 4.98 Å². The molecule has 1 heterocycles. The number of ether oxygens (including phenoxy) is 1. The molecule has 0 atom stereocenters. The number of rotatable bonds is 6. The van der Waals surface area contributed by atoms with Crippen molar-refractivity contribution in [1.82, 2.24) is 4.98 Å². The number of amides is 1. The largest absolute Gasteiger partial charge is 0.486 e. The van der Waals surface area contributed by atoms with E-state index >= 15 is 0 Å². The zero-order valence-electron chi connectivity index (χ0n) is 14.3. The van der Waals surface area contributed by atoms with Crippen LogP contribution in [0.5, 0.6) is 5.75 Å². The van der Waals surface area contributed by atoms with Gasteiger partial charge in [0, 0.05) is 11.1 Å². The number of hydrogen-bond donors (Lipinski definition) is 1. The first-order chi connectivity index (χ1) is 12.1. The minimum absolute atomic E-state index is 0.0675. The van der Waals surface area contributed by atoms with Gasteiger partial charge in [-0.1, -0.05) is 24.3 Å². The van der Waals surface area contributed by atoms with Crippen LogP contribution in [0.25, 0.3) is 0 Å². The number of carbonyl (C=O) groups excluding carboxylic acids is 1. The Morgan fingerprint density at radius 1 is 1.12 bits per heavy atom. The van der Waals surface area contributed by atoms with Crippen molar-refractivity contribution in [3.05, 3.63) is 75.7 Å². The van der Waals surface area contributed by atoms with Crippen LogP contribution in [-0.4, -0.2) is 10.9 Å². The molecule has 3 rings (SSSR count). The molecule has 0 fully saturated rings. The third-order valence-electron chi connectivity index (χ3n) is 3.59. The predicted octanol–water partition coefficient (Wildman–Crippen LogP) is 4.52. The van der Waals surface area contributed by atoms with Crippen molar-refractivity contribution in [2.24, 2.45) is 0 Å². The summed E-state index contributed by atoms with van der Waals surface area (Å²) in [5.41, 5.74) is 3.84. The van der Waals surface area contributed by atoms with Gasteiger partial charge in [0.2, 0.25) is 5.91 Å². The van der Waals surface area contributed by atoms with Crippen molar-refractivity contribution < 1.29 is 9.53 Å². The molecule has 0 unspecified atom stereocenters. The van der Waals surface area contributed by atoms with E-state index in [1.807, 2.05) is 67.8 Å². The molecule has 0 aliphatic rings. The normalized spacial score (nSPS) is 10.5. The van der Waals surface area contributed by atoms with Gasteiger partial charge in [-0.2, -0.15) is 0 Å². The van der Waals surface area contributed by atoms with E-state index in [1.165, 1.54) is 11.3 Å². The van der Waals surface area contributed by atoms with Crippen molar-refractivity contribution in [3.8, 4) is 5.75 Å². The summed E-state index contributed by atoms with van der Waals surface area (Å²) >= 11 is 1.51. The highest BCUT2D eigenvalue weighted by molar-refractivity contribution is 7.09. The summed E-state index contributed by atoms with van der Waals surface area (Å²) in [6.07, 6.45) is 0.259. The number of benzene rings is 2. The quantitative estimate of drug-likeness (QED) is 0.709. The van der Waals surface area contributed by atoms with Gasteiger partial charge in [0.25, 0.3) is 0 Å². The zero-order chi connectivity index (χ0) is 17.6. The maximum atomic E-state index is 12.1. The summed E-state index contributed by atoms with van der Waals surface area (Å²) in [7, 11) is 0. The van der Waals surface area contributed by atoms with Crippen molar-refractivity contribution in [2.45, 2.75) is 26.9 Å². The monoisotopic (exact) mass is 352 g/mol. The molecule has 0 saturated heterocycles. The Labute approximate surface area is 151 Å². The first-order valence-corrected chi connectivity index (χ1v) is 8.96. The number of anilines is 1. The van der Waals surface area contributed by atoms with Crippen LogP contribution in [0.3, 0.4) is 0 Å². The van der Waals surface area contributed by atoms with Gasteiger partial charge in [0.15, 0.2) is 0 Å². The van der Waals surface area contributed by atoms with E-state index in [0.29, 0.717) is 6.61 Å². The highest BCUT2D eigenvalue weighted by Gasteiger charge is 2.09. The highest BCUT2D eigenvalue weighted by Crippen LogP contribution is 2.17. The molecule has 2 aromatic carbocycles. The Morgan fingerprint density at radius 2 is 1.88 bits per heavy atom. The first kappa shape index (κ1) is 17.2. The van der Waals surface area contributed by atoms with Crippen LogP contribution in [0.2, 0.25) is 0 Å². The Hall–Kier alpha value is -2.66. The molecular formula is C20H20N2O2S. The maximum Gasteiger partial charge on any atom is 0.230 e. The van der Waals surface area contributed by atoms with Crippen LogP contribution in [0.1, 0.15) is 21.8 Å². The van der Waals surface area contributed by atoms with Gasteiger partial charge in [-0.15, -0.1) is 11.3 Å². The van der Waals surface area contributed by atoms with Crippen molar-refractivity contribution >= 4 is 22.9 Å². The Morgan fingerprint density at radius 3 is 2.64 bits per heavy atom. The van der Waals surface area contributed by atoms with Crippen LogP contribution >= 0.6 is 11.3 Å². The molecule has 0 aliphatic heterocycles. The second-order valence-corrected chi connectivity index (χ2v) is 6.87. The lowest BCUT2D eigenvalue weighted by atomic mass is 10.2. The highest BCUT2D eigenvalue weighted by atomic mass is 32.1. The Bertz CT molecular complexity index is 873. The Balaban J connectivity index is 1.53. The molecule has 0 aliphatic carbocycles. The predicted molar refractivity (Wildman–Crippen MR) is 101 cm³/mol. The fraction of sp³-hybridized carbons (Fsp3) is 0.200. The lowest BCUT2D eigenvalue weighted by Gasteiger charge is -2.05. The number of thiazole rings is 1. The van der Waals surface area contributed by atoms with E-state index < -0.39 is 0 Å². The minimum atomic E-state index is -0.0675. The second kappa shape index (κ2) is 7.94. The number of carbonyl (C=O) groups is 1. The van der Waals surface area contributed by atoms with Gasteiger partial charge in [-0.05, 0) is 49.2 Å². The average molecular weight is 352 g/mol. The first-order valence-electron chi connectivity index (χ1n) is 8.08. The molecule has 0 bridgehead atoms. The Kier molecular flexibility index (Phi) is 5.46. The lowest BCUT2D eigenvalue weighted by molar-refractivity contribution is -0.115. The van der Waals surface area contributed by atoms with Crippen molar-refractivity contribution in [1.29, 1.82) is 0 Å². The number of aromatic nitrogens is 1. The molecule has 1 N–H and O–H groups in total. The van der Waals surface area contributed by atoms with Crippen LogP contribution in [-0.2, 0) is 17.8 Å². The number of aryl methyl sites for hydroxylation is 2. The van der Waals surface area contributed by atoms with E-state index in [0.717, 1.165) is 33.3 Å². The van der Waals surface area contributed by atoms with Gasteiger partial charge in [0.05, 0.1) is 12.1 Å². The molecule has 3 aromatic rings. The summed E-state index contributed by atoms with van der Waals surface area (Å²) in [4.78, 5) is 16.6. The van der Waals surface area contributed by atoms with Gasteiger partial charge in [0.1, 0.15) is 17.4 Å². The van der Waals surface area contributed by atoms with E-state index in [4.69, 9.17) is 4.74 Å². The standard InChI is InChI=1S/C20H20N2O2S/c1-14-5-3-7-16(9-14)21-19(23)11-17-13-25-20(22-17)12-24-18-8-4-6-15(2)10-18/h3-10,13H,11-12H2,1-2H3,(H,21,23). The third-order valence-corrected chi connectivity index (χ3v) is 4.47. The van der Waals surface area contributed by atoms with Crippen molar-refractivity contribution in [2.75, 3.05) is 5.32 Å². The van der Waals surface area contributed by atoms with E-state index in [2.05, 4.69) is 10.3 Å². The molecule has 1 aromatic heterocycles. The summed E-state index contributed by atoms with van der Waals surface area (Å²) in [6, 6.07) is 15.7. The average Bonchev–Trinajstić information content (AvgIpc) is 3.00. The summed E-state index contributed by atoms with van der Waals surface area (Å²) in [5.74, 6) is 0.760. The van der Waals surface area contributed by atoms with Crippen LogP contribution < -0.4 is 10.1 Å². The summed E-state index contributed by atoms with van der Waals surface area (Å²) < 4.78 is 5.75.